The fourth-order valence-electron chi connectivity index (χ4n) is 1.36. The van der Waals surface area contributed by atoms with Crippen molar-refractivity contribution in [2.75, 3.05) is 0 Å². The van der Waals surface area contributed by atoms with Crippen LogP contribution in [0.1, 0.15) is 15.2 Å². The van der Waals surface area contributed by atoms with Gasteiger partial charge in [0.05, 0.1) is 4.92 Å². The average molecular weight is 263 g/mol. The predicted octanol–water partition coefficient (Wildman–Crippen LogP) is 3.18. The molecule has 0 saturated heterocycles. The van der Waals surface area contributed by atoms with Gasteiger partial charge in [0.15, 0.2) is 0 Å². The number of nitro groups is 1. The van der Waals surface area contributed by atoms with Gasteiger partial charge in [-0.15, -0.1) is 0 Å². The standard InChI is InChI=1S/C12H9NO4S/c1-8-4-2-3-5-9(8)17-12(14)10-6-7-11(18-10)13(15)16/h2-7H,1H3. The second-order valence-corrected chi connectivity index (χ2v) is 4.61. The van der Waals surface area contributed by atoms with Gasteiger partial charge in [-0.2, -0.15) is 0 Å². The molecule has 5 nitrogen and oxygen atoms in total. The van der Waals surface area contributed by atoms with Crippen molar-refractivity contribution >= 4 is 22.3 Å². The zero-order chi connectivity index (χ0) is 13.1. The summed E-state index contributed by atoms with van der Waals surface area (Å²) in [5.74, 6) is -0.124. The second kappa shape index (κ2) is 4.97. The normalized spacial score (nSPS) is 10.1. The molecule has 1 heterocycles. The minimum Gasteiger partial charge on any atom is -0.422 e. The van der Waals surface area contributed by atoms with Crippen LogP contribution < -0.4 is 4.74 Å². The van der Waals surface area contributed by atoms with E-state index >= 15 is 0 Å². The van der Waals surface area contributed by atoms with Gasteiger partial charge in [-0.25, -0.2) is 4.79 Å². The van der Waals surface area contributed by atoms with Crippen molar-refractivity contribution in [3.05, 3.63) is 57.0 Å². The fraction of sp³-hybridized carbons (Fsp3) is 0.0833. The summed E-state index contributed by atoms with van der Waals surface area (Å²) >= 11 is 0.801. The molecule has 0 radical (unpaired) electrons. The molecular weight excluding hydrogens is 254 g/mol. The van der Waals surface area contributed by atoms with Crippen LogP contribution in [0.5, 0.6) is 5.75 Å². The Labute approximate surface area is 107 Å². The van der Waals surface area contributed by atoms with E-state index in [4.69, 9.17) is 4.74 Å². The molecule has 0 aliphatic heterocycles. The summed E-state index contributed by atoms with van der Waals surface area (Å²) in [6.07, 6.45) is 0. The lowest BCUT2D eigenvalue weighted by Crippen LogP contribution is -2.07. The van der Waals surface area contributed by atoms with Crippen molar-refractivity contribution in [3.8, 4) is 5.75 Å². The maximum absolute atomic E-state index is 11.8. The van der Waals surface area contributed by atoms with E-state index in [1.54, 1.807) is 12.1 Å². The molecule has 1 aromatic heterocycles. The van der Waals surface area contributed by atoms with Gasteiger partial charge in [-0.05, 0) is 24.6 Å². The highest BCUT2D eigenvalue weighted by Gasteiger charge is 2.17. The number of thiophene rings is 1. The highest BCUT2D eigenvalue weighted by atomic mass is 32.1. The third kappa shape index (κ3) is 2.54. The Hall–Kier alpha value is -2.21. The summed E-state index contributed by atoms with van der Waals surface area (Å²) < 4.78 is 5.17. The third-order valence-electron chi connectivity index (χ3n) is 2.27. The molecule has 0 amide bonds. The number of rotatable bonds is 3. The summed E-state index contributed by atoms with van der Waals surface area (Å²) in [5, 5.41) is 10.4. The van der Waals surface area contributed by atoms with Crippen LogP contribution in [0.25, 0.3) is 0 Å². The molecule has 0 atom stereocenters. The van der Waals surface area contributed by atoms with Crippen LogP contribution >= 0.6 is 11.3 Å². The quantitative estimate of drug-likeness (QED) is 0.369. The van der Waals surface area contributed by atoms with Gasteiger partial charge in [0, 0.05) is 6.07 Å². The molecule has 6 heteroatoms. The van der Waals surface area contributed by atoms with Crippen LogP contribution in [-0.2, 0) is 0 Å². The largest absolute Gasteiger partial charge is 0.422 e. The lowest BCUT2D eigenvalue weighted by molar-refractivity contribution is -0.380. The van der Waals surface area contributed by atoms with Gasteiger partial charge in [0.1, 0.15) is 10.6 Å². The molecule has 0 aliphatic carbocycles. The topological polar surface area (TPSA) is 69.4 Å². The van der Waals surface area contributed by atoms with Crippen molar-refractivity contribution in [1.29, 1.82) is 0 Å². The number of esters is 1. The van der Waals surface area contributed by atoms with Crippen LogP contribution in [-0.4, -0.2) is 10.9 Å². The summed E-state index contributed by atoms with van der Waals surface area (Å²) in [4.78, 5) is 22.0. The monoisotopic (exact) mass is 263 g/mol. The number of ether oxygens (including phenoxy) is 1. The number of carbonyl (C=O) groups excluding carboxylic acids is 1. The highest BCUT2D eigenvalue weighted by molar-refractivity contribution is 7.17. The smallest absolute Gasteiger partial charge is 0.353 e. The lowest BCUT2D eigenvalue weighted by Gasteiger charge is -2.04. The first-order chi connectivity index (χ1) is 8.58. The Morgan fingerprint density at radius 3 is 2.61 bits per heavy atom. The lowest BCUT2D eigenvalue weighted by atomic mass is 10.2. The zero-order valence-corrected chi connectivity index (χ0v) is 10.3. The first-order valence-corrected chi connectivity index (χ1v) is 5.91. The van der Waals surface area contributed by atoms with E-state index in [0.717, 1.165) is 16.9 Å². The van der Waals surface area contributed by atoms with Gasteiger partial charge in [-0.3, -0.25) is 10.1 Å². The van der Waals surface area contributed by atoms with E-state index in [2.05, 4.69) is 0 Å². The minimum atomic E-state index is -0.581. The van der Waals surface area contributed by atoms with Crippen LogP contribution in [0, 0.1) is 17.0 Å². The maximum atomic E-state index is 11.8. The fourth-order valence-corrected chi connectivity index (χ4v) is 2.05. The molecule has 0 aliphatic rings. The van der Waals surface area contributed by atoms with E-state index in [1.807, 2.05) is 19.1 Å². The van der Waals surface area contributed by atoms with Gasteiger partial charge >= 0.3 is 11.0 Å². The molecule has 0 unspecified atom stereocenters. The van der Waals surface area contributed by atoms with E-state index in [1.165, 1.54) is 12.1 Å². The summed E-state index contributed by atoms with van der Waals surface area (Å²) in [6.45, 7) is 1.82. The Bertz CT molecular complexity index is 606. The summed E-state index contributed by atoms with van der Waals surface area (Å²) in [5.41, 5.74) is 0.830. The SMILES string of the molecule is Cc1ccccc1OC(=O)c1ccc([N+](=O)[O-])s1. The number of benzene rings is 1. The summed E-state index contributed by atoms with van der Waals surface area (Å²) in [7, 11) is 0. The molecular formula is C12H9NO4S. The van der Waals surface area contributed by atoms with Crippen LogP contribution in [0.4, 0.5) is 5.00 Å². The molecule has 92 valence electrons. The van der Waals surface area contributed by atoms with Crippen LogP contribution in [0.3, 0.4) is 0 Å². The van der Waals surface area contributed by atoms with Gasteiger partial charge in [0.2, 0.25) is 0 Å². The van der Waals surface area contributed by atoms with E-state index in [9.17, 15) is 14.9 Å². The number of carbonyl (C=O) groups is 1. The van der Waals surface area contributed by atoms with Crippen molar-refractivity contribution in [2.24, 2.45) is 0 Å². The number of aryl methyl sites for hydroxylation is 1. The first kappa shape index (κ1) is 12.3. The molecule has 0 spiro atoms. The van der Waals surface area contributed by atoms with Crippen molar-refractivity contribution in [3.63, 3.8) is 0 Å². The number of nitrogens with zero attached hydrogens (tertiary/aromatic N) is 1. The van der Waals surface area contributed by atoms with Crippen molar-refractivity contribution in [2.45, 2.75) is 6.92 Å². The number of para-hydroxylation sites is 1. The van der Waals surface area contributed by atoms with Crippen molar-refractivity contribution in [1.82, 2.24) is 0 Å². The number of hydrogen-bond acceptors (Lipinski definition) is 5. The van der Waals surface area contributed by atoms with Gasteiger partial charge < -0.3 is 4.74 Å². The maximum Gasteiger partial charge on any atom is 0.353 e. The third-order valence-corrected chi connectivity index (χ3v) is 3.29. The second-order valence-electron chi connectivity index (χ2n) is 3.55. The molecule has 2 aromatic rings. The average Bonchev–Trinajstić information content (AvgIpc) is 2.81. The van der Waals surface area contributed by atoms with Crippen LogP contribution in [0.15, 0.2) is 36.4 Å². The van der Waals surface area contributed by atoms with Gasteiger partial charge in [-0.1, -0.05) is 29.5 Å². The molecule has 2 rings (SSSR count). The highest BCUT2D eigenvalue weighted by Crippen LogP contribution is 2.26. The Morgan fingerprint density at radius 1 is 1.28 bits per heavy atom. The Kier molecular flexibility index (Phi) is 3.38. The first-order valence-electron chi connectivity index (χ1n) is 5.10. The molecule has 0 N–H and O–H groups in total. The predicted molar refractivity (Wildman–Crippen MR) is 67.1 cm³/mol. The molecule has 18 heavy (non-hydrogen) atoms. The Morgan fingerprint density at radius 2 is 2.00 bits per heavy atom. The minimum absolute atomic E-state index is 0.0771. The van der Waals surface area contributed by atoms with Gasteiger partial charge in [0.25, 0.3) is 0 Å². The zero-order valence-electron chi connectivity index (χ0n) is 9.45. The molecule has 0 bridgehead atoms. The number of hydrogen-bond donors (Lipinski definition) is 0. The van der Waals surface area contributed by atoms with E-state index in [0.29, 0.717) is 5.75 Å². The van der Waals surface area contributed by atoms with E-state index in [-0.39, 0.29) is 9.88 Å². The molecule has 0 fully saturated rings. The summed E-state index contributed by atoms with van der Waals surface area (Å²) in [6, 6.07) is 9.77. The molecule has 0 saturated carbocycles. The molecule has 1 aromatic carbocycles. The van der Waals surface area contributed by atoms with Crippen molar-refractivity contribution < 1.29 is 14.5 Å². The Balaban J connectivity index is 2.17. The van der Waals surface area contributed by atoms with E-state index < -0.39 is 10.9 Å². The van der Waals surface area contributed by atoms with Crippen LogP contribution in [0.2, 0.25) is 0 Å².